The minimum atomic E-state index is 0.836. The summed E-state index contributed by atoms with van der Waals surface area (Å²) in [4.78, 5) is 1.28. The highest BCUT2D eigenvalue weighted by atomic mass is 79.9. The highest BCUT2D eigenvalue weighted by Crippen LogP contribution is 2.31. The summed E-state index contributed by atoms with van der Waals surface area (Å²) in [5.74, 6) is 0. The summed E-state index contributed by atoms with van der Waals surface area (Å²) in [6, 6.07) is 2.07. The number of halogens is 2. The second kappa shape index (κ2) is 5.22. The van der Waals surface area contributed by atoms with E-state index in [-0.39, 0.29) is 0 Å². The molecule has 0 fully saturated rings. The normalized spacial score (nSPS) is 10.6. The Morgan fingerprint density at radius 1 is 1.67 bits per heavy atom. The third kappa shape index (κ3) is 3.05. The molecule has 1 aromatic rings. The maximum absolute atomic E-state index is 5.89. The van der Waals surface area contributed by atoms with Gasteiger partial charge in [-0.2, -0.15) is 0 Å². The van der Waals surface area contributed by atoms with Crippen molar-refractivity contribution in [1.29, 1.82) is 0 Å². The molecule has 0 radical (unpaired) electrons. The van der Waals surface area contributed by atoms with Crippen LogP contribution in [0.1, 0.15) is 18.2 Å². The summed E-state index contributed by atoms with van der Waals surface area (Å²) in [6.45, 7) is 4.14. The molecular weight excluding hydrogens is 258 g/mol. The monoisotopic (exact) mass is 267 g/mol. The van der Waals surface area contributed by atoms with Crippen molar-refractivity contribution in [3.05, 3.63) is 19.8 Å². The summed E-state index contributed by atoms with van der Waals surface area (Å²) in [6.07, 6.45) is 1.17. The Morgan fingerprint density at radius 2 is 2.42 bits per heavy atom. The van der Waals surface area contributed by atoms with Crippen LogP contribution in [0, 0.1) is 0 Å². The Balaban J connectivity index is 2.42. The van der Waals surface area contributed by atoms with Crippen LogP contribution in [-0.4, -0.2) is 6.54 Å². The first-order chi connectivity index (χ1) is 5.74. The van der Waals surface area contributed by atoms with Crippen LogP contribution >= 0.6 is 38.9 Å². The van der Waals surface area contributed by atoms with Gasteiger partial charge in [-0.3, -0.25) is 0 Å². The maximum atomic E-state index is 5.89. The molecule has 0 unspecified atom stereocenters. The topological polar surface area (TPSA) is 12.0 Å². The molecule has 68 valence electrons. The Morgan fingerprint density at radius 3 is 2.92 bits per heavy atom. The fourth-order valence-corrected chi connectivity index (χ4v) is 2.63. The number of rotatable bonds is 4. The van der Waals surface area contributed by atoms with E-state index in [9.17, 15) is 0 Å². The third-order valence-electron chi connectivity index (χ3n) is 1.42. The Labute approximate surface area is 90.3 Å². The fraction of sp³-hybridized carbons (Fsp3) is 0.500. The van der Waals surface area contributed by atoms with Crippen LogP contribution in [0.2, 0.25) is 4.34 Å². The molecule has 0 saturated carbocycles. The quantitative estimate of drug-likeness (QED) is 0.822. The molecule has 0 aliphatic rings. The zero-order chi connectivity index (χ0) is 8.97. The van der Waals surface area contributed by atoms with Crippen LogP contribution in [0.4, 0.5) is 0 Å². The van der Waals surface area contributed by atoms with Gasteiger partial charge in [-0.15, -0.1) is 11.3 Å². The van der Waals surface area contributed by atoms with Gasteiger partial charge in [0.2, 0.25) is 0 Å². The molecule has 1 N–H and O–H groups in total. The minimum Gasteiger partial charge on any atom is -0.312 e. The first-order valence-electron chi connectivity index (χ1n) is 3.88. The van der Waals surface area contributed by atoms with E-state index in [0.717, 1.165) is 21.9 Å². The van der Waals surface area contributed by atoms with Crippen LogP contribution in [0.25, 0.3) is 0 Å². The first-order valence-corrected chi connectivity index (χ1v) is 5.87. The van der Waals surface area contributed by atoms with Gasteiger partial charge < -0.3 is 5.32 Å². The molecule has 0 aromatic carbocycles. The molecule has 0 bridgehead atoms. The summed E-state index contributed by atoms with van der Waals surface area (Å²) in [5, 5.41) is 3.32. The molecule has 1 heterocycles. The predicted octanol–water partition coefficient (Wildman–Crippen LogP) is 3.66. The van der Waals surface area contributed by atoms with E-state index in [1.165, 1.54) is 11.3 Å². The average molecular weight is 269 g/mol. The second-order valence-electron chi connectivity index (χ2n) is 2.51. The maximum Gasteiger partial charge on any atom is 0.107 e. The molecule has 0 aliphatic carbocycles. The van der Waals surface area contributed by atoms with Gasteiger partial charge >= 0.3 is 0 Å². The summed E-state index contributed by atoms with van der Waals surface area (Å²) in [5.41, 5.74) is 0. The van der Waals surface area contributed by atoms with Gasteiger partial charge in [-0.25, -0.2) is 0 Å². The van der Waals surface area contributed by atoms with Crippen molar-refractivity contribution in [2.75, 3.05) is 6.54 Å². The van der Waals surface area contributed by atoms with Gasteiger partial charge in [0, 0.05) is 15.9 Å². The molecule has 0 atom stereocenters. The van der Waals surface area contributed by atoms with Crippen LogP contribution in [-0.2, 0) is 6.54 Å². The molecule has 0 spiro atoms. The molecule has 0 aliphatic heterocycles. The van der Waals surface area contributed by atoms with E-state index in [2.05, 4.69) is 34.2 Å². The largest absolute Gasteiger partial charge is 0.312 e. The van der Waals surface area contributed by atoms with Gasteiger partial charge in [-0.05, 0) is 35.0 Å². The van der Waals surface area contributed by atoms with Crippen molar-refractivity contribution < 1.29 is 0 Å². The van der Waals surface area contributed by atoms with Crippen LogP contribution in [0.3, 0.4) is 0 Å². The summed E-state index contributed by atoms with van der Waals surface area (Å²) >= 11 is 10.9. The van der Waals surface area contributed by atoms with E-state index in [1.54, 1.807) is 11.3 Å². The van der Waals surface area contributed by atoms with Crippen LogP contribution in [0.5, 0.6) is 0 Å². The average Bonchev–Trinajstić information content (AvgIpc) is 2.32. The van der Waals surface area contributed by atoms with Crippen molar-refractivity contribution in [1.82, 2.24) is 5.32 Å². The number of nitrogens with one attached hydrogen (secondary N) is 1. The van der Waals surface area contributed by atoms with Gasteiger partial charge in [0.05, 0.1) is 0 Å². The van der Waals surface area contributed by atoms with Crippen LogP contribution in [0.15, 0.2) is 10.5 Å². The molecule has 4 heteroatoms. The van der Waals surface area contributed by atoms with Crippen molar-refractivity contribution >= 4 is 38.9 Å². The highest BCUT2D eigenvalue weighted by molar-refractivity contribution is 9.10. The van der Waals surface area contributed by atoms with E-state index in [1.807, 2.05) is 0 Å². The fourth-order valence-electron chi connectivity index (χ4n) is 0.867. The highest BCUT2D eigenvalue weighted by Gasteiger charge is 2.02. The van der Waals surface area contributed by atoms with E-state index in [0.29, 0.717) is 0 Å². The smallest absolute Gasteiger partial charge is 0.107 e. The van der Waals surface area contributed by atoms with Gasteiger partial charge in [-0.1, -0.05) is 18.5 Å². The lowest BCUT2D eigenvalue weighted by Crippen LogP contribution is -2.12. The zero-order valence-electron chi connectivity index (χ0n) is 6.86. The van der Waals surface area contributed by atoms with Gasteiger partial charge in [0.25, 0.3) is 0 Å². The molecule has 12 heavy (non-hydrogen) atoms. The SMILES string of the molecule is CCCNCc1cc(Br)c(Cl)s1. The minimum absolute atomic E-state index is 0.836. The Bertz CT molecular complexity index is 230. The molecule has 1 nitrogen and oxygen atoms in total. The Hall–Kier alpha value is 0.430. The molecule has 1 aromatic heterocycles. The molecular formula is C8H11BrClNS. The van der Waals surface area contributed by atoms with Crippen LogP contribution < -0.4 is 5.32 Å². The Kier molecular flexibility index (Phi) is 4.57. The van der Waals surface area contributed by atoms with Crippen molar-refractivity contribution in [3.8, 4) is 0 Å². The third-order valence-corrected chi connectivity index (χ3v) is 3.90. The summed E-state index contributed by atoms with van der Waals surface area (Å²) in [7, 11) is 0. The standard InChI is InChI=1S/C8H11BrClNS/c1-2-3-11-5-6-4-7(9)8(10)12-6/h4,11H,2-3,5H2,1H3. The van der Waals surface area contributed by atoms with E-state index >= 15 is 0 Å². The van der Waals surface area contributed by atoms with E-state index < -0.39 is 0 Å². The van der Waals surface area contributed by atoms with Crippen molar-refractivity contribution in [3.63, 3.8) is 0 Å². The van der Waals surface area contributed by atoms with Gasteiger partial charge in [0.1, 0.15) is 4.34 Å². The van der Waals surface area contributed by atoms with Crippen molar-refractivity contribution in [2.24, 2.45) is 0 Å². The first kappa shape index (κ1) is 10.5. The lowest BCUT2D eigenvalue weighted by molar-refractivity contribution is 0.681. The number of hydrogen-bond acceptors (Lipinski definition) is 2. The second-order valence-corrected chi connectivity index (χ2v) is 5.10. The number of hydrogen-bond donors (Lipinski definition) is 1. The lowest BCUT2D eigenvalue weighted by atomic mass is 10.4. The molecule has 0 amide bonds. The summed E-state index contributed by atoms with van der Waals surface area (Å²) < 4.78 is 1.84. The van der Waals surface area contributed by atoms with Crippen molar-refractivity contribution in [2.45, 2.75) is 19.9 Å². The van der Waals surface area contributed by atoms with Gasteiger partial charge in [0.15, 0.2) is 0 Å². The molecule has 0 saturated heterocycles. The predicted molar refractivity (Wildman–Crippen MR) is 59.0 cm³/mol. The lowest BCUT2D eigenvalue weighted by Gasteiger charge is -1.97. The van der Waals surface area contributed by atoms with E-state index in [4.69, 9.17) is 11.6 Å². The zero-order valence-corrected chi connectivity index (χ0v) is 10.0. The molecule has 1 rings (SSSR count). The number of thiophene rings is 1.